The Bertz CT molecular complexity index is 389. The third-order valence-electron chi connectivity index (χ3n) is 2.32. The number of Topliss-reactive ketones (excluding diaryl/α,β-unsaturated/α-hetero) is 1. The van der Waals surface area contributed by atoms with Crippen LogP contribution in [0.25, 0.3) is 0 Å². The average molecular weight is 261 g/mol. The largest absolute Gasteiger partial charge is 0.496 e. The predicted molar refractivity (Wildman–Crippen MR) is 67.0 cm³/mol. The van der Waals surface area contributed by atoms with Gasteiger partial charge in [-0.25, -0.2) is 0 Å². The normalized spacial score (nSPS) is 10.2. The zero-order valence-corrected chi connectivity index (χ0v) is 10.9. The number of rotatable bonds is 5. The van der Waals surface area contributed by atoms with E-state index in [-0.39, 0.29) is 5.78 Å². The molecule has 0 aliphatic carbocycles. The molecule has 0 saturated carbocycles. The van der Waals surface area contributed by atoms with Crippen LogP contribution in [0.5, 0.6) is 5.75 Å². The van der Waals surface area contributed by atoms with E-state index in [0.29, 0.717) is 35.1 Å². The number of ketones is 1. The SMILES string of the molecule is COc1cc(C)c(Cl)cc1C(=O)CCCCl. The Morgan fingerprint density at radius 3 is 2.69 bits per heavy atom. The minimum absolute atomic E-state index is 0.0133. The van der Waals surface area contributed by atoms with Crippen LogP contribution < -0.4 is 4.74 Å². The van der Waals surface area contributed by atoms with Gasteiger partial charge >= 0.3 is 0 Å². The maximum atomic E-state index is 11.8. The van der Waals surface area contributed by atoms with Gasteiger partial charge in [-0.3, -0.25) is 4.79 Å². The molecule has 0 radical (unpaired) electrons. The number of methoxy groups -OCH3 is 1. The van der Waals surface area contributed by atoms with E-state index in [9.17, 15) is 4.79 Å². The number of halogens is 2. The number of benzene rings is 1. The summed E-state index contributed by atoms with van der Waals surface area (Å²) in [5.74, 6) is 1.06. The molecule has 4 heteroatoms. The molecule has 1 aromatic rings. The van der Waals surface area contributed by atoms with Gasteiger partial charge in [-0.05, 0) is 31.0 Å². The Hall–Kier alpha value is -0.730. The molecule has 0 amide bonds. The Balaban J connectivity index is 3.02. The minimum atomic E-state index is 0.0133. The van der Waals surface area contributed by atoms with Crippen LogP contribution >= 0.6 is 23.2 Å². The van der Waals surface area contributed by atoms with Crippen LogP contribution in [0.15, 0.2) is 12.1 Å². The molecule has 88 valence electrons. The molecular weight excluding hydrogens is 247 g/mol. The molecule has 0 bridgehead atoms. The van der Waals surface area contributed by atoms with E-state index < -0.39 is 0 Å². The third kappa shape index (κ3) is 3.13. The maximum absolute atomic E-state index is 11.8. The highest BCUT2D eigenvalue weighted by atomic mass is 35.5. The molecule has 0 saturated heterocycles. The summed E-state index contributed by atoms with van der Waals surface area (Å²) in [6.07, 6.45) is 1.08. The van der Waals surface area contributed by atoms with E-state index in [0.717, 1.165) is 5.56 Å². The van der Waals surface area contributed by atoms with Crippen LogP contribution in [0.1, 0.15) is 28.8 Å². The summed E-state index contributed by atoms with van der Waals surface area (Å²) >= 11 is 11.5. The molecular formula is C12H14Cl2O2. The smallest absolute Gasteiger partial charge is 0.166 e. The highest BCUT2D eigenvalue weighted by Crippen LogP contribution is 2.27. The van der Waals surface area contributed by atoms with E-state index in [1.807, 2.05) is 6.92 Å². The van der Waals surface area contributed by atoms with Crippen molar-refractivity contribution in [3.63, 3.8) is 0 Å². The number of alkyl halides is 1. The highest BCUT2D eigenvalue weighted by molar-refractivity contribution is 6.31. The molecule has 0 atom stereocenters. The first-order chi connectivity index (χ1) is 7.60. The van der Waals surface area contributed by atoms with Crippen molar-refractivity contribution in [2.24, 2.45) is 0 Å². The van der Waals surface area contributed by atoms with Crippen LogP contribution in [-0.4, -0.2) is 18.8 Å². The first-order valence-corrected chi connectivity index (χ1v) is 5.94. The standard InChI is InChI=1S/C12H14Cl2O2/c1-8-6-12(16-2)9(7-10(8)14)11(15)4-3-5-13/h6-7H,3-5H2,1-2H3. The summed E-state index contributed by atoms with van der Waals surface area (Å²) in [6, 6.07) is 3.43. The molecule has 0 N–H and O–H groups in total. The van der Waals surface area contributed by atoms with Crippen molar-refractivity contribution in [2.75, 3.05) is 13.0 Å². The second kappa shape index (κ2) is 6.12. The lowest BCUT2D eigenvalue weighted by atomic mass is 10.0. The lowest BCUT2D eigenvalue weighted by Crippen LogP contribution is -2.03. The summed E-state index contributed by atoms with van der Waals surface area (Å²) < 4.78 is 5.17. The van der Waals surface area contributed by atoms with Gasteiger partial charge in [0.2, 0.25) is 0 Å². The Morgan fingerprint density at radius 1 is 1.44 bits per heavy atom. The molecule has 0 aliphatic rings. The van der Waals surface area contributed by atoms with Crippen LogP contribution in [-0.2, 0) is 0 Å². The number of aryl methyl sites for hydroxylation is 1. The summed E-state index contributed by atoms with van der Waals surface area (Å²) in [5.41, 5.74) is 1.43. The fourth-order valence-electron chi connectivity index (χ4n) is 1.40. The van der Waals surface area contributed by atoms with E-state index in [4.69, 9.17) is 27.9 Å². The number of carbonyl (C=O) groups is 1. The summed E-state index contributed by atoms with van der Waals surface area (Å²) in [4.78, 5) is 11.8. The molecule has 0 spiro atoms. The van der Waals surface area contributed by atoms with Crippen molar-refractivity contribution in [3.05, 3.63) is 28.3 Å². The van der Waals surface area contributed by atoms with Crippen molar-refractivity contribution < 1.29 is 9.53 Å². The number of carbonyl (C=O) groups excluding carboxylic acids is 1. The van der Waals surface area contributed by atoms with Crippen LogP contribution in [0, 0.1) is 6.92 Å². The van der Waals surface area contributed by atoms with Gasteiger partial charge in [0, 0.05) is 17.3 Å². The third-order valence-corrected chi connectivity index (χ3v) is 2.99. The van der Waals surface area contributed by atoms with Crippen molar-refractivity contribution in [2.45, 2.75) is 19.8 Å². The van der Waals surface area contributed by atoms with Gasteiger partial charge in [-0.1, -0.05) is 11.6 Å². The minimum Gasteiger partial charge on any atom is -0.496 e. The molecule has 0 aromatic heterocycles. The average Bonchev–Trinajstić information content (AvgIpc) is 2.28. The molecule has 0 fully saturated rings. The van der Waals surface area contributed by atoms with Gasteiger partial charge in [0.15, 0.2) is 5.78 Å². The molecule has 0 aliphatic heterocycles. The van der Waals surface area contributed by atoms with Gasteiger partial charge in [-0.2, -0.15) is 0 Å². The first kappa shape index (κ1) is 13.3. The predicted octanol–water partition coefficient (Wildman–Crippen LogP) is 3.86. The van der Waals surface area contributed by atoms with Crippen molar-refractivity contribution >= 4 is 29.0 Å². The number of hydrogen-bond donors (Lipinski definition) is 0. The van der Waals surface area contributed by atoms with Gasteiger partial charge in [0.1, 0.15) is 5.75 Å². The molecule has 1 aromatic carbocycles. The van der Waals surface area contributed by atoms with E-state index in [2.05, 4.69) is 0 Å². The Labute approximate surface area is 106 Å². The van der Waals surface area contributed by atoms with E-state index in [1.165, 1.54) is 0 Å². The topological polar surface area (TPSA) is 26.3 Å². The second-order valence-electron chi connectivity index (χ2n) is 3.52. The van der Waals surface area contributed by atoms with Gasteiger partial charge in [0.25, 0.3) is 0 Å². The number of hydrogen-bond acceptors (Lipinski definition) is 2. The quantitative estimate of drug-likeness (QED) is 0.594. The zero-order chi connectivity index (χ0) is 12.1. The zero-order valence-electron chi connectivity index (χ0n) is 9.35. The lowest BCUT2D eigenvalue weighted by Gasteiger charge is -2.09. The van der Waals surface area contributed by atoms with Crippen molar-refractivity contribution in [3.8, 4) is 5.75 Å². The summed E-state index contributed by atoms with van der Waals surface area (Å²) in [6.45, 7) is 1.87. The van der Waals surface area contributed by atoms with Crippen molar-refractivity contribution in [1.29, 1.82) is 0 Å². The number of ether oxygens (including phenoxy) is 1. The Morgan fingerprint density at radius 2 is 2.12 bits per heavy atom. The molecule has 0 heterocycles. The second-order valence-corrected chi connectivity index (χ2v) is 4.30. The van der Waals surface area contributed by atoms with E-state index in [1.54, 1.807) is 19.2 Å². The summed E-state index contributed by atoms with van der Waals surface area (Å²) in [5, 5.41) is 0.579. The lowest BCUT2D eigenvalue weighted by molar-refractivity contribution is 0.0979. The molecule has 16 heavy (non-hydrogen) atoms. The monoisotopic (exact) mass is 260 g/mol. The van der Waals surface area contributed by atoms with Gasteiger partial charge in [-0.15, -0.1) is 11.6 Å². The summed E-state index contributed by atoms with van der Waals surface area (Å²) in [7, 11) is 1.54. The maximum Gasteiger partial charge on any atom is 0.166 e. The van der Waals surface area contributed by atoms with Crippen LogP contribution in [0.2, 0.25) is 5.02 Å². The van der Waals surface area contributed by atoms with Gasteiger partial charge in [0.05, 0.1) is 12.7 Å². The van der Waals surface area contributed by atoms with Crippen LogP contribution in [0.3, 0.4) is 0 Å². The molecule has 0 unspecified atom stereocenters. The first-order valence-electron chi connectivity index (χ1n) is 5.03. The van der Waals surface area contributed by atoms with Gasteiger partial charge < -0.3 is 4.74 Å². The van der Waals surface area contributed by atoms with Crippen LogP contribution in [0.4, 0.5) is 0 Å². The molecule has 1 rings (SSSR count). The fourth-order valence-corrected chi connectivity index (χ4v) is 1.70. The highest BCUT2D eigenvalue weighted by Gasteiger charge is 2.13. The van der Waals surface area contributed by atoms with E-state index >= 15 is 0 Å². The Kier molecular flexibility index (Phi) is 5.10. The fraction of sp³-hybridized carbons (Fsp3) is 0.417. The van der Waals surface area contributed by atoms with Crippen molar-refractivity contribution in [1.82, 2.24) is 0 Å². The molecule has 2 nitrogen and oxygen atoms in total.